The number of rotatable bonds is 7. The van der Waals surface area contributed by atoms with E-state index >= 15 is 0 Å². The van der Waals surface area contributed by atoms with E-state index in [-0.39, 0.29) is 30.1 Å². The molecule has 8 heteroatoms. The van der Waals surface area contributed by atoms with Gasteiger partial charge in [0.25, 0.3) is 0 Å². The number of nitrogens with zero attached hydrogens (tertiary/aromatic N) is 1. The first-order chi connectivity index (χ1) is 13.0. The standard InChI is InChI=1S/C19H23FN2O4S/c1-5-25-18(23)14-11(3)22-13(10-20)16(19(24)26-6-2)15(14)12-8-7-9-21-17(12)27-4/h7-9,15,22H,5-6,10H2,1-4H3. The number of halogens is 1. The van der Waals surface area contributed by atoms with Gasteiger partial charge in [-0.05, 0) is 38.7 Å². The lowest BCUT2D eigenvalue weighted by molar-refractivity contribution is -0.139. The average Bonchev–Trinajstić information content (AvgIpc) is 2.67. The highest BCUT2D eigenvalue weighted by Gasteiger charge is 2.40. The summed E-state index contributed by atoms with van der Waals surface area (Å²) in [6, 6.07) is 3.49. The maximum Gasteiger partial charge on any atom is 0.336 e. The van der Waals surface area contributed by atoms with Gasteiger partial charge in [-0.2, -0.15) is 0 Å². The third-order valence-electron chi connectivity index (χ3n) is 4.07. The van der Waals surface area contributed by atoms with E-state index in [1.807, 2.05) is 6.26 Å². The van der Waals surface area contributed by atoms with Gasteiger partial charge in [-0.3, -0.25) is 0 Å². The predicted octanol–water partition coefficient (Wildman–Crippen LogP) is 3.11. The summed E-state index contributed by atoms with van der Waals surface area (Å²) in [5.74, 6) is -2.07. The van der Waals surface area contributed by atoms with E-state index in [0.717, 1.165) is 0 Å². The molecule has 0 spiro atoms. The van der Waals surface area contributed by atoms with Crippen molar-refractivity contribution in [2.75, 3.05) is 26.1 Å². The Morgan fingerprint density at radius 1 is 1.22 bits per heavy atom. The Morgan fingerprint density at radius 2 is 1.85 bits per heavy atom. The molecule has 0 fully saturated rings. The molecule has 0 amide bonds. The molecule has 1 aromatic rings. The van der Waals surface area contributed by atoms with Crippen LogP contribution in [0.4, 0.5) is 4.39 Å². The zero-order chi connectivity index (χ0) is 20.0. The van der Waals surface area contributed by atoms with E-state index in [1.54, 1.807) is 39.1 Å². The van der Waals surface area contributed by atoms with E-state index in [2.05, 4.69) is 10.3 Å². The van der Waals surface area contributed by atoms with Crippen molar-refractivity contribution in [1.29, 1.82) is 0 Å². The smallest absolute Gasteiger partial charge is 0.336 e. The van der Waals surface area contributed by atoms with Gasteiger partial charge in [-0.15, -0.1) is 11.8 Å². The van der Waals surface area contributed by atoms with Crippen LogP contribution in [0.2, 0.25) is 0 Å². The molecule has 1 N–H and O–H groups in total. The minimum Gasteiger partial charge on any atom is -0.463 e. The molecule has 2 rings (SSSR count). The average molecular weight is 394 g/mol. The van der Waals surface area contributed by atoms with Crippen LogP contribution in [0.5, 0.6) is 0 Å². The zero-order valence-electron chi connectivity index (χ0n) is 15.8. The third-order valence-corrected chi connectivity index (χ3v) is 4.80. The Kier molecular flexibility index (Phi) is 7.41. The summed E-state index contributed by atoms with van der Waals surface area (Å²) in [6.45, 7) is 4.45. The number of carbonyl (C=O) groups is 2. The molecule has 27 heavy (non-hydrogen) atoms. The molecule has 1 atom stereocenters. The van der Waals surface area contributed by atoms with E-state index in [9.17, 15) is 14.0 Å². The van der Waals surface area contributed by atoms with Crippen LogP contribution in [0.1, 0.15) is 32.3 Å². The first kappa shape index (κ1) is 21.0. The zero-order valence-corrected chi connectivity index (χ0v) is 16.6. The number of dihydropyridines is 1. The van der Waals surface area contributed by atoms with E-state index < -0.39 is 24.5 Å². The summed E-state index contributed by atoms with van der Waals surface area (Å²) in [6.07, 6.45) is 3.47. The summed E-state index contributed by atoms with van der Waals surface area (Å²) < 4.78 is 24.1. The van der Waals surface area contributed by atoms with Crippen molar-refractivity contribution < 1.29 is 23.5 Å². The second-order valence-corrected chi connectivity index (χ2v) is 6.46. The molecule has 1 aliphatic rings. The molecule has 1 aromatic heterocycles. The molecule has 0 radical (unpaired) electrons. The summed E-state index contributed by atoms with van der Waals surface area (Å²) in [7, 11) is 0. The number of carbonyl (C=O) groups excluding carboxylic acids is 2. The summed E-state index contributed by atoms with van der Waals surface area (Å²) in [5, 5.41) is 3.48. The Hall–Kier alpha value is -2.35. The largest absolute Gasteiger partial charge is 0.463 e. The van der Waals surface area contributed by atoms with E-state index in [1.165, 1.54) is 11.8 Å². The first-order valence-corrected chi connectivity index (χ1v) is 9.82. The van der Waals surface area contributed by atoms with Crippen molar-refractivity contribution in [3.63, 3.8) is 0 Å². The number of allylic oxidation sites excluding steroid dienone is 2. The van der Waals surface area contributed by atoms with Crippen LogP contribution in [0.3, 0.4) is 0 Å². The van der Waals surface area contributed by atoms with Crippen LogP contribution in [0, 0.1) is 0 Å². The summed E-state index contributed by atoms with van der Waals surface area (Å²) in [5.41, 5.74) is 1.47. The van der Waals surface area contributed by atoms with Gasteiger partial charge in [0.1, 0.15) is 6.67 Å². The topological polar surface area (TPSA) is 77.5 Å². The number of pyridine rings is 1. The maximum absolute atomic E-state index is 13.8. The first-order valence-electron chi connectivity index (χ1n) is 8.59. The molecule has 0 saturated heterocycles. The van der Waals surface area contributed by atoms with Crippen LogP contribution >= 0.6 is 11.8 Å². The molecule has 0 aliphatic carbocycles. The third kappa shape index (κ3) is 4.32. The Bertz CT molecular complexity index is 792. The van der Waals surface area contributed by atoms with Crippen LogP contribution in [0.25, 0.3) is 0 Å². The number of hydrogen-bond acceptors (Lipinski definition) is 7. The van der Waals surface area contributed by atoms with Crippen molar-refractivity contribution in [2.45, 2.75) is 31.7 Å². The van der Waals surface area contributed by atoms with Gasteiger partial charge in [-0.25, -0.2) is 19.0 Å². The number of nitrogens with one attached hydrogen (secondary N) is 1. The molecule has 2 heterocycles. The van der Waals surface area contributed by atoms with Gasteiger partial charge in [0, 0.05) is 11.9 Å². The highest BCUT2D eigenvalue weighted by molar-refractivity contribution is 7.98. The van der Waals surface area contributed by atoms with Crippen molar-refractivity contribution in [3.05, 3.63) is 46.4 Å². The van der Waals surface area contributed by atoms with Gasteiger partial charge in [0.15, 0.2) is 0 Å². The fraction of sp³-hybridized carbons (Fsp3) is 0.421. The molecule has 1 unspecified atom stereocenters. The quantitative estimate of drug-likeness (QED) is 0.562. The molecule has 0 bridgehead atoms. The lowest BCUT2D eigenvalue weighted by Crippen LogP contribution is -2.34. The summed E-state index contributed by atoms with van der Waals surface area (Å²) in [4.78, 5) is 29.7. The highest BCUT2D eigenvalue weighted by atomic mass is 32.2. The van der Waals surface area contributed by atoms with Crippen molar-refractivity contribution in [1.82, 2.24) is 10.3 Å². The number of aromatic nitrogens is 1. The molecular weight excluding hydrogens is 371 g/mol. The van der Waals surface area contributed by atoms with Crippen LogP contribution in [0.15, 0.2) is 45.9 Å². The Morgan fingerprint density at radius 3 is 2.41 bits per heavy atom. The molecule has 0 aromatic carbocycles. The van der Waals surface area contributed by atoms with Crippen molar-refractivity contribution >= 4 is 23.7 Å². The van der Waals surface area contributed by atoms with E-state index in [0.29, 0.717) is 16.3 Å². The maximum atomic E-state index is 13.8. The molecule has 6 nitrogen and oxygen atoms in total. The molecule has 0 saturated carbocycles. The lowest BCUT2D eigenvalue weighted by Gasteiger charge is -2.31. The SMILES string of the molecule is CCOC(=O)C1=C(C)NC(CF)=C(C(=O)OCC)C1c1cccnc1SC. The number of esters is 2. The van der Waals surface area contributed by atoms with Gasteiger partial charge in [-0.1, -0.05) is 6.07 Å². The fourth-order valence-corrected chi connectivity index (χ4v) is 3.62. The number of alkyl halides is 1. The highest BCUT2D eigenvalue weighted by Crippen LogP contribution is 2.41. The lowest BCUT2D eigenvalue weighted by atomic mass is 9.81. The van der Waals surface area contributed by atoms with Gasteiger partial charge >= 0.3 is 11.9 Å². The molecule has 1 aliphatic heterocycles. The van der Waals surface area contributed by atoms with Crippen LogP contribution < -0.4 is 5.32 Å². The monoisotopic (exact) mass is 394 g/mol. The molecular formula is C19H23FN2O4S. The van der Waals surface area contributed by atoms with Crippen LogP contribution in [-0.2, 0) is 19.1 Å². The Labute approximate surface area is 162 Å². The number of ether oxygens (including phenoxy) is 2. The Balaban J connectivity index is 2.74. The molecule has 146 valence electrons. The predicted molar refractivity (Wildman–Crippen MR) is 101 cm³/mol. The fourth-order valence-electron chi connectivity index (χ4n) is 3.04. The van der Waals surface area contributed by atoms with Crippen LogP contribution in [-0.4, -0.2) is 43.1 Å². The van der Waals surface area contributed by atoms with Crippen molar-refractivity contribution in [3.8, 4) is 0 Å². The minimum atomic E-state index is -0.896. The summed E-state index contributed by atoms with van der Waals surface area (Å²) >= 11 is 1.38. The minimum absolute atomic E-state index is 0.0660. The second kappa shape index (κ2) is 9.55. The normalized spacial score (nSPS) is 16.9. The van der Waals surface area contributed by atoms with Gasteiger partial charge in [0.2, 0.25) is 0 Å². The van der Waals surface area contributed by atoms with Crippen molar-refractivity contribution in [2.24, 2.45) is 0 Å². The second-order valence-electron chi connectivity index (χ2n) is 5.67. The van der Waals surface area contributed by atoms with Gasteiger partial charge < -0.3 is 14.8 Å². The number of thioether (sulfide) groups is 1. The van der Waals surface area contributed by atoms with E-state index in [4.69, 9.17) is 9.47 Å². The van der Waals surface area contributed by atoms with Gasteiger partial charge in [0.05, 0.1) is 41.0 Å². The number of hydrogen-bond donors (Lipinski definition) is 1.